The lowest BCUT2D eigenvalue weighted by Gasteiger charge is -2.10. The van der Waals surface area contributed by atoms with Crippen molar-refractivity contribution in [3.63, 3.8) is 0 Å². The van der Waals surface area contributed by atoms with Crippen molar-refractivity contribution in [3.8, 4) is 0 Å². The van der Waals surface area contributed by atoms with Crippen LogP contribution in [-0.4, -0.2) is 25.9 Å². The van der Waals surface area contributed by atoms with E-state index in [1.807, 2.05) is 13.8 Å². The van der Waals surface area contributed by atoms with Gasteiger partial charge in [-0.05, 0) is 12.8 Å². The summed E-state index contributed by atoms with van der Waals surface area (Å²) < 4.78 is 0. The molecule has 2 N–H and O–H groups in total. The lowest BCUT2D eigenvalue weighted by molar-refractivity contribution is -0.136. The lowest BCUT2D eigenvalue weighted by Crippen LogP contribution is -2.40. The zero-order valence-corrected chi connectivity index (χ0v) is 8.73. The van der Waals surface area contributed by atoms with Crippen molar-refractivity contribution in [1.82, 2.24) is 10.6 Å². The summed E-state index contributed by atoms with van der Waals surface area (Å²) in [4.78, 5) is 22.2. The van der Waals surface area contributed by atoms with Crippen LogP contribution < -0.4 is 10.6 Å². The quantitative estimate of drug-likeness (QED) is 0.609. The Morgan fingerprint density at radius 3 is 1.46 bits per heavy atom. The van der Waals surface area contributed by atoms with Crippen LogP contribution in [0.3, 0.4) is 0 Å². The van der Waals surface area contributed by atoms with Crippen molar-refractivity contribution in [2.24, 2.45) is 5.41 Å². The van der Waals surface area contributed by atoms with Crippen LogP contribution >= 0.6 is 0 Å². The largest absolute Gasteiger partial charge is 0.358 e. The van der Waals surface area contributed by atoms with Gasteiger partial charge in [0.05, 0.1) is 0 Å². The molecule has 1 aliphatic rings. The van der Waals surface area contributed by atoms with Gasteiger partial charge in [-0.25, -0.2) is 0 Å². The summed E-state index contributed by atoms with van der Waals surface area (Å²) in [5.41, 5.74) is -0.733. The molecule has 0 unspecified atom stereocenters. The van der Waals surface area contributed by atoms with Crippen molar-refractivity contribution in [2.45, 2.75) is 26.7 Å². The summed E-state index contributed by atoms with van der Waals surface area (Å²) in [7, 11) is 3.09. The Labute approximate surface area is 79.1 Å². The molecule has 0 aromatic heterocycles. The molecule has 2 amide bonds. The summed E-state index contributed by atoms with van der Waals surface area (Å²) in [6.07, 6.45) is 1.35. The molecule has 76 valence electrons. The van der Waals surface area contributed by atoms with Crippen LogP contribution in [0, 0.1) is 5.41 Å². The van der Waals surface area contributed by atoms with Gasteiger partial charge >= 0.3 is 0 Å². The average molecular weight is 186 g/mol. The molecule has 0 atom stereocenters. The highest BCUT2D eigenvalue weighted by Crippen LogP contribution is 2.45. The Morgan fingerprint density at radius 1 is 1.00 bits per heavy atom. The van der Waals surface area contributed by atoms with Gasteiger partial charge in [-0.2, -0.15) is 0 Å². The number of carbonyl (C=O) groups is 2. The summed E-state index contributed by atoms with van der Waals surface area (Å²) in [6, 6.07) is 0. The highest BCUT2D eigenvalue weighted by Gasteiger charge is 2.55. The van der Waals surface area contributed by atoms with Crippen LogP contribution in [0.4, 0.5) is 0 Å². The number of amides is 2. The normalized spacial score (nSPS) is 16.3. The molecule has 4 nitrogen and oxygen atoms in total. The van der Waals surface area contributed by atoms with Gasteiger partial charge in [0.15, 0.2) is 0 Å². The molecule has 13 heavy (non-hydrogen) atoms. The van der Waals surface area contributed by atoms with Crippen molar-refractivity contribution in [1.29, 1.82) is 0 Å². The molecule has 0 heterocycles. The first-order chi connectivity index (χ1) is 6.17. The highest BCUT2D eigenvalue weighted by atomic mass is 16.2. The third kappa shape index (κ3) is 2.20. The maximum atomic E-state index is 11.1. The van der Waals surface area contributed by atoms with Gasteiger partial charge in [-0.3, -0.25) is 9.59 Å². The second-order valence-electron chi connectivity index (χ2n) is 2.74. The van der Waals surface area contributed by atoms with E-state index in [4.69, 9.17) is 0 Å². The first-order valence-corrected chi connectivity index (χ1v) is 4.62. The Balaban J connectivity index is 0.000000671. The minimum Gasteiger partial charge on any atom is -0.358 e. The molecule has 0 spiro atoms. The van der Waals surface area contributed by atoms with Gasteiger partial charge in [-0.1, -0.05) is 13.8 Å². The number of hydrogen-bond donors (Lipinski definition) is 2. The van der Waals surface area contributed by atoms with Gasteiger partial charge < -0.3 is 10.6 Å². The Hall–Kier alpha value is -1.06. The van der Waals surface area contributed by atoms with Crippen molar-refractivity contribution in [2.75, 3.05) is 14.1 Å². The van der Waals surface area contributed by atoms with Gasteiger partial charge in [0.1, 0.15) is 5.41 Å². The number of hydrogen-bond acceptors (Lipinski definition) is 2. The molecule has 1 saturated carbocycles. The zero-order valence-electron chi connectivity index (χ0n) is 8.73. The predicted octanol–water partition coefficient (Wildman–Crippen LogP) is 0.285. The predicted molar refractivity (Wildman–Crippen MR) is 51.1 cm³/mol. The molecule has 0 radical (unpaired) electrons. The van der Waals surface area contributed by atoms with Crippen LogP contribution in [0.15, 0.2) is 0 Å². The second kappa shape index (κ2) is 4.84. The van der Waals surface area contributed by atoms with Crippen LogP contribution in [0.2, 0.25) is 0 Å². The summed E-state index contributed by atoms with van der Waals surface area (Å²) in [5, 5.41) is 4.97. The van der Waals surface area contributed by atoms with Crippen molar-refractivity contribution >= 4 is 11.8 Å². The van der Waals surface area contributed by atoms with E-state index in [2.05, 4.69) is 10.6 Å². The van der Waals surface area contributed by atoms with Crippen molar-refractivity contribution in [3.05, 3.63) is 0 Å². The molecule has 0 aromatic carbocycles. The summed E-state index contributed by atoms with van der Waals surface area (Å²) in [5.74, 6) is -0.339. The first kappa shape index (κ1) is 11.9. The molecular weight excluding hydrogens is 168 g/mol. The van der Waals surface area contributed by atoms with E-state index in [-0.39, 0.29) is 11.8 Å². The average Bonchev–Trinajstić information content (AvgIpc) is 2.99. The topological polar surface area (TPSA) is 58.2 Å². The maximum absolute atomic E-state index is 11.1. The van der Waals surface area contributed by atoms with Crippen LogP contribution in [0.25, 0.3) is 0 Å². The number of carbonyl (C=O) groups excluding carboxylic acids is 2. The van der Waals surface area contributed by atoms with E-state index >= 15 is 0 Å². The Bertz CT molecular complexity index is 180. The third-order valence-electron chi connectivity index (χ3n) is 2.07. The molecule has 0 aliphatic heterocycles. The zero-order chi connectivity index (χ0) is 10.5. The van der Waals surface area contributed by atoms with E-state index in [0.29, 0.717) is 12.8 Å². The highest BCUT2D eigenvalue weighted by molar-refractivity contribution is 6.07. The first-order valence-electron chi connectivity index (χ1n) is 4.62. The van der Waals surface area contributed by atoms with E-state index in [0.717, 1.165) is 0 Å². The molecule has 0 bridgehead atoms. The number of rotatable bonds is 2. The maximum Gasteiger partial charge on any atom is 0.235 e. The molecule has 1 rings (SSSR count). The fourth-order valence-corrected chi connectivity index (χ4v) is 1.16. The van der Waals surface area contributed by atoms with E-state index in [1.165, 1.54) is 0 Å². The molecular formula is C9H18N2O2. The molecule has 1 aliphatic carbocycles. The van der Waals surface area contributed by atoms with Gasteiger partial charge in [0, 0.05) is 14.1 Å². The molecule has 1 fully saturated rings. The van der Waals surface area contributed by atoms with E-state index < -0.39 is 5.41 Å². The van der Waals surface area contributed by atoms with Crippen LogP contribution in [-0.2, 0) is 9.59 Å². The molecule has 0 aromatic rings. The summed E-state index contributed by atoms with van der Waals surface area (Å²) >= 11 is 0. The van der Waals surface area contributed by atoms with Gasteiger partial charge in [0.2, 0.25) is 11.8 Å². The number of nitrogens with one attached hydrogen (secondary N) is 2. The van der Waals surface area contributed by atoms with Crippen LogP contribution in [0.5, 0.6) is 0 Å². The van der Waals surface area contributed by atoms with Crippen molar-refractivity contribution < 1.29 is 9.59 Å². The fraction of sp³-hybridized carbons (Fsp3) is 0.778. The lowest BCUT2D eigenvalue weighted by atomic mass is 10.1. The van der Waals surface area contributed by atoms with Gasteiger partial charge in [-0.15, -0.1) is 0 Å². The summed E-state index contributed by atoms with van der Waals surface area (Å²) in [6.45, 7) is 4.00. The Morgan fingerprint density at radius 2 is 1.31 bits per heavy atom. The van der Waals surface area contributed by atoms with Crippen LogP contribution in [0.1, 0.15) is 26.7 Å². The minimum absolute atomic E-state index is 0.170. The smallest absolute Gasteiger partial charge is 0.235 e. The standard InChI is InChI=1S/C7H12N2O2.C2H6/c1-8-5(10)7(3-4-7)6(11)9-2;1-2/h3-4H2,1-2H3,(H,8,10)(H,9,11);1-2H3. The SMILES string of the molecule is CC.CNC(=O)C1(C(=O)NC)CC1. The minimum atomic E-state index is -0.733. The monoisotopic (exact) mass is 186 g/mol. The van der Waals surface area contributed by atoms with E-state index in [1.54, 1.807) is 14.1 Å². The second-order valence-corrected chi connectivity index (χ2v) is 2.74. The Kier molecular flexibility index (Phi) is 4.45. The molecule has 0 saturated heterocycles. The fourth-order valence-electron chi connectivity index (χ4n) is 1.16. The van der Waals surface area contributed by atoms with Gasteiger partial charge in [0.25, 0.3) is 0 Å². The third-order valence-corrected chi connectivity index (χ3v) is 2.07. The van der Waals surface area contributed by atoms with E-state index in [9.17, 15) is 9.59 Å². The molecule has 4 heteroatoms.